The highest BCUT2D eigenvalue weighted by atomic mass is 127. The van der Waals surface area contributed by atoms with Gasteiger partial charge in [0.1, 0.15) is 6.54 Å². The summed E-state index contributed by atoms with van der Waals surface area (Å²) in [5, 5.41) is 10.7. The van der Waals surface area contributed by atoms with Crippen LogP contribution >= 0.6 is 22.6 Å². The van der Waals surface area contributed by atoms with Crippen molar-refractivity contribution in [1.82, 2.24) is 25.2 Å². The zero-order chi connectivity index (χ0) is 16.1. The number of carbonyl (C=O) groups is 1. The molecule has 0 spiro atoms. The van der Waals surface area contributed by atoms with Crippen LogP contribution in [0.4, 0.5) is 0 Å². The van der Waals surface area contributed by atoms with E-state index in [4.69, 9.17) is 4.52 Å². The summed E-state index contributed by atoms with van der Waals surface area (Å²) in [7, 11) is 0. The van der Waals surface area contributed by atoms with E-state index in [1.165, 1.54) is 0 Å². The van der Waals surface area contributed by atoms with Crippen LogP contribution in [-0.2, 0) is 13.0 Å². The lowest BCUT2D eigenvalue weighted by molar-refractivity contribution is 0.0910. The van der Waals surface area contributed by atoms with E-state index in [1.54, 1.807) is 10.9 Å². The fourth-order valence-corrected chi connectivity index (χ4v) is 2.47. The highest BCUT2D eigenvalue weighted by Gasteiger charge is 2.15. The van der Waals surface area contributed by atoms with Crippen molar-refractivity contribution in [2.45, 2.75) is 13.0 Å². The summed E-state index contributed by atoms with van der Waals surface area (Å²) >= 11 is 2.17. The zero-order valence-corrected chi connectivity index (χ0v) is 14.3. The van der Waals surface area contributed by atoms with E-state index >= 15 is 0 Å². The molecule has 2 aromatic heterocycles. The van der Waals surface area contributed by atoms with Gasteiger partial charge >= 0.3 is 11.8 Å². The lowest BCUT2D eigenvalue weighted by Crippen LogP contribution is -2.26. The van der Waals surface area contributed by atoms with Crippen molar-refractivity contribution in [2.75, 3.05) is 6.54 Å². The lowest BCUT2D eigenvalue weighted by Gasteiger charge is -2.02. The Labute approximate surface area is 146 Å². The van der Waals surface area contributed by atoms with E-state index < -0.39 is 0 Å². The Bertz CT molecular complexity index is 784. The second kappa shape index (κ2) is 7.36. The fraction of sp³-hybridized carbons (Fsp3) is 0.200. The average Bonchev–Trinajstić information content (AvgIpc) is 3.18. The van der Waals surface area contributed by atoms with Gasteiger partial charge in [-0.15, -0.1) is 0 Å². The molecule has 3 rings (SSSR count). The summed E-state index contributed by atoms with van der Waals surface area (Å²) in [5.74, 6) is 0.0161. The van der Waals surface area contributed by atoms with E-state index in [0.29, 0.717) is 18.9 Å². The number of nitrogens with one attached hydrogen (secondary N) is 1. The lowest BCUT2D eigenvalue weighted by atomic mass is 10.1. The SMILES string of the molecule is O=C(NCCc1ccccc1)c1nc(Cn2cc(I)cn2)no1. The first-order chi connectivity index (χ1) is 11.2. The molecule has 1 aromatic carbocycles. The van der Waals surface area contributed by atoms with Gasteiger partial charge in [-0.1, -0.05) is 35.5 Å². The Hall–Kier alpha value is -2.23. The van der Waals surface area contributed by atoms with Crippen LogP contribution in [0, 0.1) is 3.57 Å². The zero-order valence-electron chi connectivity index (χ0n) is 12.1. The third-order valence-electron chi connectivity index (χ3n) is 3.11. The van der Waals surface area contributed by atoms with Crippen molar-refractivity contribution in [3.63, 3.8) is 0 Å². The van der Waals surface area contributed by atoms with Gasteiger partial charge in [0.15, 0.2) is 5.82 Å². The van der Waals surface area contributed by atoms with Gasteiger partial charge in [0, 0.05) is 12.7 Å². The third-order valence-corrected chi connectivity index (χ3v) is 3.67. The molecular formula is C15H14IN5O2. The third kappa shape index (κ3) is 4.38. The van der Waals surface area contributed by atoms with Crippen LogP contribution in [-0.4, -0.2) is 32.4 Å². The van der Waals surface area contributed by atoms with Crippen molar-refractivity contribution in [3.05, 3.63) is 63.6 Å². The number of hydrogen-bond acceptors (Lipinski definition) is 5. The van der Waals surface area contributed by atoms with Crippen LogP contribution in [0.25, 0.3) is 0 Å². The van der Waals surface area contributed by atoms with E-state index in [2.05, 4.69) is 43.1 Å². The molecule has 23 heavy (non-hydrogen) atoms. The van der Waals surface area contributed by atoms with Crippen molar-refractivity contribution >= 4 is 28.5 Å². The van der Waals surface area contributed by atoms with Gasteiger partial charge in [-0.05, 0) is 34.6 Å². The van der Waals surface area contributed by atoms with Crippen LogP contribution in [0.15, 0.2) is 47.2 Å². The molecule has 0 bridgehead atoms. The quantitative estimate of drug-likeness (QED) is 0.613. The van der Waals surface area contributed by atoms with Crippen LogP contribution in [0.2, 0.25) is 0 Å². The average molecular weight is 423 g/mol. The van der Waals surface area contributed by atoms with Crippen molar-refractivity contribution in [1.29, 1.82) is 0 Å². The second-order valence-corrected chi connectivity index (χ2v) is 6.11. The topological polar surface area (TPSA) is 85.8 Å². The Morgan fingerprint density at radius 3 is 2.87 bits per heavy atom. The van der Waals surface area contributed by atoms with Gasteiger partial charge < -0.3 is 9.84 Å². The molecule has 0 saturated carbocycles. The molecule has 0 aliphatic rings. The maximum Gasteiger partial charge on any atom is 0.316 e. The number of carbonyl (C=O) groups excluding carboxylic acids is 1. The molecule has 7 nitrogen and oxygen atoms in total. The summed E-state index contributed by atoms with van der Waals surface area (Å²) in [5.41, 5.74) is 1.16. The number of hydrogen-bond donors (Lipinski definition) is 1. The molecule has 0 unspecified atom stereocenters. The van der Waals surface area contributed by atoms with E-state index in [1.807, 2.05) is 36.5 Å². The highest BCUT2D eigenvalue weighted by Crippen LogP contribution is 2.04. The standard InChI is InChI=1S/C15H14IN5O2/c16-12-8-18-21(9-12)10-13-19-15(23-20-13)14(22)17-7-6-11-4-2-1-3-5-11/h1-5,8-9H,6-7,10H2,(H,17,22). The Morgan fingerprint density at radius 1 is 1.30 bits per heavy atom. The molecule has 118 valence electrons. The molecular weight excluding hydrogens is 409 g/mol. The number of amides is 1. The number of nitrogens with zero attached hydrogens (tertiary/aromatic N) is 4. The van der Waals surface area contributed by atoms with Crippen molar-refractivity contribution < 1.29 is 9.32 Å². The summed E-state index contributed by atoms with van der Waals surface area (Å²) in [6.45, 7) is 0.877. The Morgan fingerprint density at radius 2 is 2.13 bits per heavy atom. The van der Waals surface area contributed by atoms with E-state index in [-0.39, 0.29) is 11.8 Å². The molecule has 1 amide bonds. The number of aromatic nitrogens is 4. The molecule has 0 atom stereocenters. The maximum atomic E-state index is 12.0. The van der Waals surface area contributed by atoms with Gasteiger partial charge in [-0.25, -0.2) is 0 Å². The van der Waals surface area contributed by atoms with Crippen molar-refractivity contribution in [3.8, 4) is 0 Å². The Kier molecular flexibility index (Phi) is 5.01. The minimum absolute atomic E-state index is 0.0325. The number of rotatable bonds is 6. The molecule has 0 aliphatic carbocycles. The summed E-state index contributed by atoms with van der Waals surface area (Å²) < 4.78 is 7.69. The molecule has 0 aliphatic heterocycles. The minimum Gasteiger partial charge on any atom is -0.347 e. The number of benzene rings is 1. The van der Waals surface area contributed by atoms with Crippen molar-refractivity contribution in [2.24, 2.45) is 0 Å². The first-order valence-electron chi connectivity index (χ1n) is 7.03. The largest absolute Gasteiger partial charge is 0.347 e. The molecule has 3 aromatic rings. The van der Waals surface area contributed by atoms with Gasteiger partial charge in [0.25, 0.3) is 0 Å². The molecule has 0 fully saturated rings. The molecule has 2 heterocycles. The highest BCUT2D eigenvalue weighted by molar-refractivity contribution is 14.1. The van der Waals surface area contributed by atoms with E-state index in [0.717, 1.165) is 15.6 Å². The first-order valence-corrected chi connectivity index (χ1v) is 8.11. The Balaban J connectivity index is 1.52. The normalized spacial score (nSPS) is 10.7. The van der Waals surface area contributed by atoms with Gasteiger partial charge in [0.2, 0.25) is 0 Å². The van der Waals surface area contributed by atoms with Gasteiger partial charge in [-0.3, -0.25) is 9.48 Å². The molecule has 1 N–H and O–H groups in total. The first kappa shape index (κ1) is 15.7. The van der Waals surface area contributed by atoms with Gasteiger partial charge in [0.05, 0.1) is 9.77 Å². The maximum absolute atomic E-state index is 12.0. The van der Waals surface area contributed by atoms with Crippen LogP contribution in [0.5, 0.6) is 0 Å². The van der Waals surface area contributed by atoms with Crippen LogP contribution in [0.3, 0.4) is 0 Å². The monoisotopic (exact) mass is 423 g/mol. The summed E-state index contributed by atoms with van der Waals surface area (Å²) in [6, 6.07) is 9.93. The fourth-order valence-electron chi connectivity index (χ4n) is 2.02. The van der Waals surface area contributed by atoms with Crippen LogP contribution < -0.4 is 5.32 Å². The summed E-state index contributed by atoms with van der Waals surface area (Å²) in [4.78, 5) is 16.1. The molecule has 0 saturated heterocycles. The van der Waals surface area contributed by atoms with Crippen LogP contribution in [0.1, 0.15) is 22.1 Å². The smallest absolute Gasteiger partial charge is 0.316 e. The van der Waals surface area contributed by atoms with Gasteiger partial charge in [-0.2, -0.15) is 10.1 Å². The predicted molar refractivity (Wildman–Crippen MR) is 90.8 cm³/mol. The summed E-state index contributed by atoms with van der Waals surface area (Å²) in [6.07, 6.45) is 4.34. The molecule has 8 heteroatoms. The van der Waals surface area contributed by atoms with E-state index in [9.17, 15) is 4.79 Å². The number of halogens is 1. The predicted octanol–water partition coefficient (Wildman–Crippen LogP) is 1.89. The second-order valence-electron chi connectivity index (χ2n) is 4.86. The minimum atomic E-state index is -0.366. The molecule has 0 radical (unpaired) electrons.